The number of hydrogen-bond donors (Lipinski definition) is 1. The minimum atomic E-state index is 0.669. The molecule has 1 aromatic rings. The molecule has 0 aliphatic heterocycles. The molecule has 1 aromatic heterocycles. The molecule has 1 rings (SSSR count). The summed E-state index contributed by atoms with van der Waals surface area (Å²) in [5.41, 5.74) is 2.19. The molecule has 5 nitrogen and oxygen atoms in total. The lowest BCUT2D eigenvalue weighted by atomic mass is 10.1. The van der Waals surface area contributed by atoms with Crippen molar-refractivity contribution < 1.29 is 0 Å². The highest BCUT2D eigenvalue weighted by Gasteiger charge is 2.06. The molecule has 28 heavy (non-hydrogen) atoms. The second-order valence-electron chi connectivity index (χ2n) is 6.69. The van der Waals surface area contributed by atoms with Crippen LogP contribution in [0.2, 0.25) is 0 Å². The molecule has 6 heteroatoms. The summed E-state index contributed by atoms with van der Waals surface area (Å²) >= 11 is 3.31. The van der Waals surface area contributed by atoms with E-state index in [9.17, 15) is 0 Å². The largest absolute Gasteiger partial charge is 0.366 e. The van der Waals surface area contributed by atoms with E-state index in [1.807, 2.05) is 32.4 Å². The highest BCUT2D eigenvalue weighted by atomic mass is 79.9. The molecule has 0 aliphatic carbocycles. The Morgan fingerprint density at radius 3 is 2.68 bits per heavy atom. The molecule has 0 radical (unpaired) electrons. The van der Waals surface area contributed by atoms with Gasteiger partial charge in [0.1, 0.15) is 5.82 Å². The fourth-order valence-electron chi connectivity index (χ4n) is 2.66. The van der Waals surface area contributed by atoms with Crippen LogP contribution in [0.15, 0.2) is 57.6 Å². The average Bonchev–Trinajstić information content (AvgIpc) is 2.71. The Hall–Kier alpha value is -1.95. The van der Waals surface area contributed by atoms with Gasteiger partial charge in [0.05, 0.1) is 6.21 Å². The number of aromatic nitrogens is 1. The monoisotopic (exact) mass is 447 g/mol. The van der Waals surface area contributed by atoms with Gasteiger partial charge in [-0.25, -0.2) is 0 Å². The van der Waals surface area contributed by atoms with Crippen LogP contribution in [-0.2, 0) is 6.54 Å². The predicted octanol–water partition coefficient (Wildman–Crippen LogP) is 5.66. The zero-order chi connectivity index (χ0) is 20.6. The van der Waals surface area contributed by atoms with Gasteiger partial charge < -0.3 is 5.32 Å². The van der Waals surface area contributed by atoms with E-state index in [1.54, 1.807) is 17.4 Å². The van der Waals surface area contributed by atoms with Gasteiger partial charge in [-0.2, -0.15) is 5.10 Å². The first kappa shape index (κ1) is 24.1. The third kappa shape index (κ3) is 11.0. The first-order valence-corrected chi connectivity index (χ1v) is 10.8. The summed E-state index contributed by atoms with van der Waals surface area (Å²) in [5.74, 6) is 0.889. The second-order valence-corrected chi connectivity index (χ2v) is 7.71. The summed E-state index contributed by atoms with van der Waals surface area (Å²) in [6.07, 6.45) is 16.0. The van der Waals surface area contributed by atoms with Crippen molar-refractivity contribution in [1.29, 1.82) is 0 Å². The molecule has 0 bridgehead atoms. The Labute approximate surface area is 178 Å². The summed E-state index contributed by atoms with van der Waals surface area (Å²) in [6.45, 7) is 6.71. The molecule has 0 saturated heterocycles. The first-order valence-electron chi connectivity index (χ1n) is 9.99. The van der Waals surface area contributed by atoms with Crippen molar-refractivity contribution in [2.24, 2.45) is 10.1 Å². The number of halogens is 1. The van der Waals surface area contributed by atoms with E-state index in [-0.39, 0.29) is 0 Å². The third-order valence-corrected chi connectivity index (χ3v) is 4.50. The van der Waals surface area contributed by atoms with Gasteiger partial charge in [0.25, 0.3) is 0 Å². The third-order valence-electron chi connectivity index (χ3n) is 4.29. The maximum Gasteiger partial charge on any atom is 0.124 e. The quantitative estimate of drug-likeness (QED) is 0.227. The minimum absolute atomic E-state index is 0.669. The lowest BCUT2D eigenvalue weighted by Crippen LogP contribution is -2.26. The van der Waals surface area contributed by atoms with Gasteiger partial charge >= 0.3 is 0 Å². The summed E-state index contributed by atoms with van der Waals surface area (Å²) < 4.78 is 0.724. The van der Waals surface area contributed by atoms with Crippen LogP contribution in [0.4, 0.5) is 0 Å². The lowest BCUT2D eigenvalue weighted by Gasteiger charge is -2.19. The van der Waals surface area contributed by atoms with Gasteiger partial charge in [-0.15, -0.1) is 0 Å². The molecule has 154 valence electrons. The maximum atomic E-state index is 4.48. The Morgan fingerprint density at radius 1 is 1.29 bits per heavy atom. The standard InChI is InChI=1S/C22H34BrN5/c1-5-6-7-8-9-10-13-21(24-3)15-22(28(4)27-16-19(2)23)26-18-20-12-11-14-25-17-20/h11-12,14-17,26H,2,5-10,13,18H2,1,3-4H3/b22-15-,24-21-,27-16-. The summed E-state index contributed by atoms with van der Waals surface area (Å²) in [6, 6.07) is 3.99. The number of aliphatic imine (C=N–C) groups is 1. The van der Waals surface area contributed by atoms with Crippen LogP contribution in [0.3, 0.4) is 0 Å². The molecule has 1 N–H and O–H groups in total. The molecule has 0 unspecified atom stereocenters. The normalized spacial score (nSPS) is 12.4. The molecular weight excluding hydrogens is 414 g/mol. The zero-order valence-electron chi connectivity index (χ0n) is 17.5. The Kier molecular flexibility index (Phi) is 12.9. The predicted molar refractivity (Wildman–Crippen MR) is 125 cm³/mol. The van der Waals surface area contributed by atoms with E-state index in [1.165, 1.54) is 32.1 Å². The topological polar surface area (TPSA) is 52.9 Å². The molecule has 0 spiro atoms. The van der Waals surface area contributed by atoms with E-state index >= 15 is 0 Å². The molecular formula is C22H34BrN5. The van der Waals surface area contributed by atoms with Gasteiger partial charge in [0.15, 0.2) is 0 Å². The van der Waals surface area contributed by atoms with E-state index < -0.39 is 0 Å². The smallest absolute Gasteiger partial charge is 0.124 e. The molecule has 0 fully saturated rings. The summed E-state index contributed by atoms with van der Waals surface area (Å²) in [5, 5.41) is 9.67. The Balaban J connectivity index is 2.74. The molecule has 0 atom stereocenters. The molecule has 1 heterocycles. The molecule has 0 saturated carbocycles. The highest BCUT2D eigenvalue weighted by molar-refractivity contribution is 9.12. The molecule has 0 amide bonds. The van der Waals surface area contributed by atoms with Gasteiger partial charge in [-0.3, -0.25) is 15.0 Å². The van der Waals surface area contributed by atoms with Crippen molar-refractivity contribution in [2.75, 3.05) is 14.1 Å². The van der Waals surface area contributed by atoms with Gasteiger partial charge in [-0.05, 0) is 40.4 Å². The number of nitrogens with zero attached hydrogens (tertiary/aromatic N) is 4. The first-order chi connectivity index (χ1) is 13.6. The van der Waals surface area contributed by atoms with E-state index in [2.05, 4.69) is 55.9 Å². The number of hydrogen-bond acceptors (Lipinski definition) is 5. The fourth-order valence-corrected chi connectivity index (χ4v) is 2.75. The van der Waals surface area contributed by atoms with Crippen LogP contribution in [0, 0.1) is 0 Å². The number of allylic oxidation sites excluding steroid dienone is 2. The average molecular weight is 448 g/mol. The van der Waals surface area contributed by atoms with Crippen LogP contribution in [-0.4, -0.2) is 36.0 Å². The van der Waals surface area contributed by atoms with E-state index in [0.717, 1.165) is 34.4 Å². The van der Waals surface area contributed by atoms with Crippen LogP contribution in [0.25, 0.3) is 0 Å². The lowest BCUT2D eigenvalue weighted by molar-refractivity contribution is 0.407. The van der Waals surface area contributed by atoms with Crippen molar-refractivity contribution in [3.63, 3.8) is 0 Å². The van der Waals surface area contributed by atoms with Crippen LogP contribution >= 0.6 is 15.9 Å². The Bertz CT molecular complexity index is 652. The SMILES string of the molecule is C=C(Br)/C=N\N(C)/C(=C\C(CCCCCCCC)=N/C)NCc1cccnc1. The van der Waals surface area contributed by atoms with Crippen molar-refractivity contribution >= 4 is 27.9 Å². The fraction of sp³-hybridized carbons (Fsp3) is 0.500. The van der Waals surface area contributed by atoms with Gasteiger partial charge in [0.2, 0.25) is 0 Å². The number of hydrazone groups is 1. The van der Waals surface area contributed by atoms with Gasteiger partial charge in [-0.1, -0.05) is 51.7 Å². The van der Waals surface area contributed by atoms with E-state index in [4.69, 9.17) is 0 Å². The van der Waals surface area contributed by atoms with Crippen molar-refractivity contribution in [3.05, 3.63) is 53.0 Å². The molecule has 0 aliphatic rings. The van der Waals surface area contributed by atoms with E-state index in [0.29, 0.717) is 6.54 Å². The van der Waals surface area contributed by atoms with Crippen molar-refractivity contribution in [1.82, 2.24) is 15.3 Å². The minimum Gasteiger partial charge on any atom is -0.366 e. The van der Waals surface area contributed by atoms with Crippen LogP contribution in [0.5, 0.6) is 0 Å². The summed E-state index contributed by atoms with van der Waals surface area (Å²) in [4.78, 5) is 8.65. The summed E-state index contributed by atoms with van der Waals surface area (Å²) in [7, 11) is 3.76. The van der Waals surface area contributed by atoms with Gasteiger partial charge in [0, 0.05) is 49.3 Å². The van der Waals surface area contributed by atoms with Crippen molar-refractivity contribution in [2.45, 2.75) is 58.4 Å². The molecule has 0 aromatic carbocycles. The van der Waals surface area contributed by atoms with Crippen LogP contribution in [0.1, 0.15) is 57.4 Å². The van der Waals surface area contributed by atoms with Crippen molar-refractivity contribution in [3.8, 4) is 0 Å². The number of pyridine rings is 1. The highest BCUT2D eigenvalue weighted by Crippen LogP contribution is 2.10. The Morgan fingerprint density at radius 2 is 2.04 bits per heavy atom. The number of unbranched alkanes of at least 4 members (excludes halogenated alkanes) is 5. The number of nitrogens with one attached hydrogen (secondary N) is 1. The second kappa shape index (κ2) is 15.0. The van der Waals surface area contributed by atoms with Crippen LogP contribution < -0.4 is 5.32 Å². The zero-order valence-corrected chi connectivity index (χ0v) is 19.1. The maximum absolute atomic E-state index is 4.48. The number of rotatable bonds is 14.